The van der Waals surface area contributed by atoms with Gasteiger partial charge in [-0.05, 0) is 43.2 Å². The van der Waals surface area contributed by atoms with Crippen LogP contribution < -0.4 is 15.4 Å². The number of nitrogens with two attached hydrogens (primary N) is 1. The Hall–Kier alpha value is -1.38. The summed E-state index contributed by atoms with van der Waals surface area (Å²) in [6.07, 6.45) is 4.81. The zero-order valence-electron chi connectivity index (χ0n) is 13.1. The van der Waals surface area contributed by atoms with E-state index in [9.17, 15) is 0 Å². The molecule has 0 atom stereocenters. The Bertz CT molecular complexity index is 441. The highest BCUT2D eigenvalue weighted by molar-refractivity contribution is 5.62. The minimum absolute atomic E-state index is 0.492. The largest absolute Gasteiger partial charge is 0.491 e. The van der Waals surface area contributed by atoms with Gasteiger partial charge in [0.1, 0.15) is 5.75 Å². The second-order valence-corrected chi connectivity index (χ2v) is 5.95. The molecule has 0 aromatic heterocycles. The summed E-state index contributed by atoms with van der Waals surface area (Å²) in [6, 6.07) is 6.19. The smallest absolute Gasteiger partial charge is 0.144 e. The molecule has 20 heavy (non-hydrogen) atoms. The van der Waals surface area contributed by atoms with Gasteiger partial charge in [-0.2, -0.15) is 0 Å². The minimum Gasteiger partial charge on any atom is -0.491 e. The second kappa shape index (κ2) is 6.38. The van der Waals surface area contributed by atoms with Crippen LogP contribution in [-0.2, 0) is 0 Å². The normalized spacial score (nSPS) is 17.4. The van der Waals surface area contributed by atoms with Crippen LogP contribution in [0.2, 0.25) is 0 Å². The third kappa shape index (κ3) is 3.02. The molecule has 0 amide bonds. The number of ether oxygens (including phenoxy) is 1. The van der Waals surface area contributed by atoms with Gasteiger partial charge in [0.05, 0.1) is 12.3 Å². The lowest BCUT2D eigenvalue weighted by Crippen LogP contribution is -2.26. The first kappa shape index (κ1) is 15.0. The fraction of sp³-hybridized carbons (Fsp3) is 0.647. The van der Waals surface area contributed by atoms with Crippen molar-refractivity contribution in [3.8, 4) is 5.75 Å². The highest BCUT2D eigenvalue weighted by atomic mass is 16.5. The predicted molar refractivity (Wildman–Crippen MR) is 86.5 cm³/mol. The van der Waals surface area contributed by atoms with Crippen LogP contribution in [0, 0.1) is 5.41 Å². The molecule has 1 fully saturated rings. The molecule has 112 valence electrons. The lowest BCUT2D eigenvalue weighted by molar-refractivity contribution is 0.301. The van der Waals surface area contributed by atoms with E-state index in [2.05, 4.69) is 37.8 Å². The maximum Gasteiger partial charge on any atom is 0.144 e. The average Bonchev–Trinajstić information content (AvgIpc) is 2.91. The maximum atomic E-state index is 5.99. The quantitative estimate of drug-likeness (QED) is 0.796. The summed E-state index contributed by atoms with van der Waals surface area (Å²) < 4.78 is 5.74. The Balaban J connectivity index is 2.14. The number of nitrogen functional groups attached to an aromatic ring is 1. The number of hydrogen-bond donors (Lipinski definition) is 1. The molecule has 1 saturated heterocycles. The van der Waals surface area contributed by atoms with Crippen LogP contribution in [0.3, 0.4) is 0 Å². The summed E-state index contributed by atoms with van der Waals surface area (Å²) in [5.41, 5.74) is 8.46. The van der Waals surface area contributed by atoms with Gasteiger partial charge in [-0.1, -0.05) is 20.8 Å². The number of nitrogens with zero attached hydrogens (tertiary/aromatic N) is 1. The van der Waals surface area contributed by atoms with E-state index in [1.54, 1.807) is 0 Å². The van der Waals surface area contributed by atoms with Crippen LogP contribution in [-0.4, -0.2) is 19.7 Å². The van der Waals surface area contributed by atoms with Crippen molar-refractivity contribution >= 4 is 11.4 Å². The molecule has 0 saturated carbocycles. The summed E-state index contributed by atoms with van der Waals surface area (Å²) in [4.78, 5) is 2.48. The van der Waals surface area contributed by atoms with Gasteiger partial charge in [-0.25, -0.2) is 0 Å². The van der Waals surface area contributed by atoms with E-state index in [4.69, 9.17) is 10.5 Å². The molecule has 0 aliphatic carbocycles. The molecule has 0 spiro atoms. The number of hydrogen-bond acceptors (Lipinski definition) is 3. The third-order valence-electron chi connectivity index (χ3n) is 4.76. The van der Waals surface area contributed by atoms with Crippen LogP contribution in [0.15, 0.2) is 18.2 Å². The van der Waals surface area contributed by atoms with Crippen molar-refractivity contribution in [1.29, 1.82) is 0 Å². The van der Waals surface area contributed by atoms with Gasteiger partial charge in [0.25, 0.3) is 0 Å². The highest BCUT2D eigenvalue weighted by Gasteiger charge is 2.35. The van der Waals surface area contributed by atoms with Gasteiger partial charge < -0.3 is 15.4 Å². The van der Waals surface area contributed by atoms with Crippen LogP contribution in [0.25, 0.3) is 0 Å². The highest BCUT2D eigenvalue weighted by Crippen LogP contribution is 2.40. The van der Waals surface area contributed by atoms with Crippen LogP contribution in [0.5, 0.6) is 5.75 Å². The fourth-order valence-electron chi connectivity index (χ4n) is 3.04. The molecule has 3 heteroatoms. The van der Waals surface area contributed by atoms with Crippen molar-refractivity contribution in [2.75, 3.05) is 30.3 Å². The Labute approximate surface area is 123 Å². The summed E-state index contributed by atoms with van der Waals surface area (Å²) in [7, 11) is 0. The minimum atomic E-state index is 0.492. The monoisotopic (exact) mass is 276 g/mol. The van der Waals surface area contributed by atoms with Gasteiger partial charge in [-0.15, -0.1) is 0 Å². The molecule has 2 rings (SSSR count). The molecule has 3 nitrogen and oxygen atoms in total. The van der Waals surface area contributed by atoms with Crippen molar-refractivity contribution < 1.29 is 4.74 Å². The topological polar surface area (TPSA) is 38.5 Å². The van der Waals surface area contributed by atoms with Crippen LogP contribution >= 0.6 is 0 Å². The predicted octanol–water partition coefficient (Wildman–Crippen LogP) is 4.07. The summed E-state index contributed by atoms with van der Waals surface area (Å²) in [5, 5.41) is 0. The molecule has 0 radical (unpaired) electrons. The standard InChI is InChI=1S/C17H28N2O/c1-4-11-20-16-12-14(7-8-15(16)18)19-10-9-17(5-2,6-3)13-19/h7-8,12H,4-6,9-11,13,18H2,1-3H3. The van der Waals surface area contributed by atoms with E-state index >= 15 is 0 Å². The Morgan fingerprint density at radius 3 is 2.60 bits per heavy atom. The Kier molecular flexibility index (Phi) is 4.79. The van der Waals surface area contributed by atoms with Gasteiger partial charge in [0, 0.05) is 24.8 Å². The lowest BCUT2D eigenvalue weighted by Gasteiger charge is -2.27. The molecule has 1 aromatic carbocycles. The van der Waals surface area contributed by atoms with Gasteiger partial charge in [-0.3, -0.25) is 0 Å². The lowest BCUT2D eigenvalue weighted by atomic mass is 9.82. The first-order chi connectivity index (χ1) is 9.64. The van der Waals surface area contributed by atoms with Gasteiger partial charge >= 0.3 is 0 Å². The molecule has 2 N–H and O–H groups in total. The van der Waals surface area contributed by atoms with E-state index in [0.29, 0.717) is 5.41 Å². The first-order valence-corrected chi connectivity index (χ1v) is 7.91. The second-order valence-electron chi connectivity index (χ2n) is 5.95. The van der Waals surface area contributed by atoms with Crippen molar-refractivity contribution in [1.82, 2.24) is 0 Å². The molecule has 0 bridgehead atoms. The van der Waals surface area contributed by atoms with E-state index in [1.807, 2.05) is 6.07 Å². The number of benzene rings is 1. The third-order valence-corrected chi connectivity index (χ3v) is 4.76. The Morgan fingerprint density at radius 2 is 2.00 bits per heavy atom. The molecule has 0 unspecified atom stereocenters. The van der Waals surface area contributed by atoms with Crippen molar-refractivity contribution in [3.05, 3.63) is 18.2 Å². The van der Waals surface area contributed by atoms with Crippen molar-refractivity contribution in [3.63, 3.8) is 0 Å². The van der Waals surface area contributed by atoms with E-state index < -0.39 is 0 Å². The molecule has 1 aliphatic rings. The number of anilines is 2. The van der Waals surface area contributed by atoms with E-state index in [0.717, 1.165) is 37.6 Å². The van der Waals surface area contributed by atoms with E-state index in [1.165, 1.54) is 24.9 Å². The number of rotatable bonds is 6. The molecule has 1 aliphatic heterocycles. The summed E-state index contributed by atoms with van der Waals surface area (Å²) in [6.45, 7) is 9.74. The van der Waals surface area contributed by atoms with Crippen molar-refractivity contribution in [2.45, 2.75) is 46.5 Å². The van der Waals surface area contributed by atoms with Crippen molar-refractivity contribution in [2.24, 2.45) is 5.41 Å². The fourth-order valence-corrected chi connectivity index (χ4v) is 3.04. The van der Waals surface area contributed by atoms with E-state index in [-0.39, 0.29) is 0 Å². The maximum absolute atomic E-state index is 5.99. The van der Waals surface area contributed by atoms with Crippen LogP contribution in [0.4, 0.5) is 11.4 Å². The molecule has 1 heterocycles. The zero-order valence-corrected chi connectivity index (χ0v) is 13.1. The Morgan fingerprint density at radius 1 is 1.25 bits per heavy atom. The summed E-state index contributed by atoms with van der Waals surface area (Å²) >= 11 is 0. The summed E-state index contributed by atoms with van der Waals surface area (Å²) in [5.74, 6) is 0.829. The zero-order chi connectivity index (χ0) is 14.6. The molecular formula is C17H28N2O. The van der Waals surface area contributed by atoms with Gasteiger partial charge in [0.15, 0.2) is 0 Å². The van der Waals surface area contributed by atoms with Crippen LogP contribution in [0.1, 0.15) is 46.5 Å². The van der Waals surface area contributed by atoms with Gasteiger partial charge in [0.2, 0.25) is 0 Å². The molecule has 1 aromatic rings. The first-order valence-electron chi connectivity index (χ1n) is 7.91. The SMILES string of the molecule is CCCOc1cc(N2CCC(CC)(CC)C2)ccc1N. The molecular weight excluding hydrogens is 248 g/mol. The average molecular weight is 276 g/mol.